The second-order valence-corrected chi connectivity index (χ2v) is 6.95. The van der Waals surface area contributed by atoms with Crippen LogP contribution >= 0.6 is 0 Å². The lowest BCUT2D eigenvalue weighted by molar-refractivity contribution is -0.122. The Bertz CT molecular complexity index is 1280. The van der Waals surface area contributed by atoms with Gasteiger partial charge in [-0.15, -0.1) is 0 Å². The summed E-state index contributed by atoms with van der Waals surface area (Å²) < 4.78 is 13.2. The van der Waals surface area contributed by atoms with E-state index in [4.69, 9.17) is 9.15 Å². The highest BCUT2D eigenvalue weighted by Gasteiger charge is 2.44. The molecule has 4 aromatic rings. The molecule has 144 valence electrons. The van der Waals surface area contributed by atoms with Crippen LogP contribution in [-0.4, -0.2) is 21.8 Å². The first-order chi connectivity index (χ1) is 14.1. The molecule has 1 aliphatic heterocycles. The smallest absolute Gasteiger partial charge is 0.344 e. The van der Waals surface area contributed by atoms with E-state index < -0.39 is 17.6 Å². The third-order valence-corrected chi connectivity index (χ3v) is 5.04. The van der Waals surface area contributed by atoms with Gasteiger partial charge in [-0.2, -0.15) is 5.10 Å². The van der Waals surface area contributed by atoms with Gasteiger partial charge in [0.2, 0.25) is 0 Å². The van der Waals surface area contributed by atoms with E-state index in [9.17, 15) is 9.59 Å². The molecule has 1 amide bonds. The number of hydrogen-bond donors (Lipinski definition) is 1. The minimum Gasteiger partial charge on any atom is -0.478 e. The first-order valence-corrected chi connectivity index (χ1v) is 9.18. The molecule has 2 aromatic heterocycles. The fraction of sp³-hybridized carbons (Fsp3) is 0.136. The van der Waals surface area contributed by atoms with Crippen molar-refractivity contribution in [2.24, 2.45) is 7.05 Å². The second kappa shape index (κ2) is 6.63. The number of carbonyl (C=O) groups excluding carboxylic acids is 1. The molecule has 2 aromatic carbocycles. The third kappa shape index (κ3) is 2.87. The zero-order chi connectivity index (χ0) is 20.0. The van der Waals surface area contributed by atoms with Gasteiger partial charge in [0, 0.05) is 24.5 Å². The van der Waals surface area contributed by atoms with Crippen molar-refractivity contribution in [3.05, 3.63) is 88.5 Å². The van der Waals surface area contributed by atoms with Crippen LogP contribution in [0.25, 0.3) is 11.0 Å². The summed E-state index contributed by atoms with van der Waals surface area (Å²) in [7, 11) is 1.78. The van der Waals surface area contributed by atoms with Gasteiger partial charge in [-0.1, -0.05) is 30.3 Å². The molecular formula is C22H17N3O4. The molecule has 0 bridgehead atoms. The number of aromatic nitrogens is 2. The normalized spacial score (nSPS) is 17.7. The van der Waals surface area contributed by atoms with Crippen LogP contribution in [0.4, 0.5) is 5.69 Å². The molecule has 0 saturated heterocycles. The molecule has 7 heteroatoms. The highest BCUT2D eigenvalue weighted by atomic mass is 16.5. The minimum absolute atomic E-state index is 0.338. The van der Waals surface area contributed by atoms with E-state index >= 15 is 0 Å². The van der Waals surface area contributed by atoms with Gasteiger partial charge in [-0.05, 0) is 24.3 Å². The third-order valence-electron chi connectivity index (χ3n) is 5.04. The fourth-order valence-electron chi connectivity index (χ4n) is 3.76. The summed E-state index contributed by atoms with van der Waals surface area (Å²) in [6, 6.07) is 16.3. The van der Waals surface area contributed by atoms with Gasteiger partial charge >= 0.3 is 5.63 Å². The summed E-state index contributed by atoms with van der Waals surface area (Å²) in [6.45, 7) is 0. The Morgan fingerprint density at radius 1 is 1.10 bits per heavy atom. The number of anilines is 1. The van der Waals surface area contributed by atoms with Gasteiger partial charge in [0.25, 0.3) is 5.91 Å². The van der Waals surface area contributed by atoms with Gasteiger partial charge in [0.15, 0.2) is 6.10 Å². The van der Waals surface area contributed by atoms with Crippen LogP contribution in [0.2, 0.25) is 0 Å². The highest BCUT2D eigenvalue weighted by Crippen LogP contribution is 2.44. The molecule has 7 nitrogen and oxygen atoms in total. The summed E-state index contributed by atoms with van der Waals surface area (Å²) in [6.07, 6.45) is 2.49. The van der Waals surface area contributed by atoms with E-state index in [1.54, 1.807) is 48.4 Å². The molecule has 0 aliphatic carbocycles. The molecule has 0 spiro atoms. The Kier molecular flexibility index (Phi) is 3.94. The molecule has 2 atom stereocenters. The van der Waals surface area contributed by atoms with Gasteiger partial charge in [-0.25, -0.2) is 4.79 Å². The summed E-state index contributed by atoms with van der Waals surface area (Å²) in [5.74, 6) is -0.577. The van der Waals surface area contributed by atoms with Crippen molar-refractivity contribution in [2.75, 3.05) is 5.32 Å². The van der Waals surface area contributed by atoms with Crippen LogP contribution in [0.5, 0.6) is 5.75 Å². The van der Waals surface area contributed by atoms with Gasteiger partial charge in [-0.3, -0.25) is 9.48 Å². The molecular weight excluding hydrogens is 370 g/mol. The second-order valence-electron chi connectivity index (χ2n) is 6.95. The molecule has 3 heterocycles. The first-order valence-electron chi connectivity index (χ1n) is 9.18. The number of para-hydroxylation sites is 2. The van der Waals surface area contributed by atoms with Gasteiger partial charge < -0.3 is 14.5 Å². The molecule has 0 unspecified atom stereocenters. The maximum absolute atomic E-state index is 13.1. The zero-order valence-electron chi connectivity index (χ0n) is 15.5. The summed E-state index contributed by atoms with van der Waals surface area (Å²) in [5.41, 5.74) is 1.61. The lowest BCUT2D eigenvalue weighted by Gasteiger charge is -2.17. The fourth-order valence-corrected chi connectivity index (χ4v) is 3.76. The van der Waals surface area contributed by atoms with Crippen molar-refractivity contribution in [1.82, 2.24) is 9.78 Å². The van der Waals surface area contributed by atoms with E-state index in [1.165, 1.54) is 0 Å². The Morgan fingerprint density at radius 3 is 2.62 bits per heavy atom. The molecule has 0 fully saturated rings. The zero-order valence-corrected chi connectivity index (χ0v) is 15.5. The first kappa shape index (κ1) is 17.2. The Morgan fingerprint density at radius 2 is 1.86 bits per heavy atom. The number of fused-ring (bicyclic) bond motifs is 3. The van der Waals surface area contributed by atoms with Gasteiger partial charge in [0.05, 0.1) is 23.1 Å². The number of hydrogen-bond acceptors (Lipinski definition) is 5. The molecule has 0 radical (unpaired) electrons. The van der Waals surface area contributed by atoms with E-state index in [0.717, 1.165) is 0 Å². The summed E-state index contributed by atoms with van der Waals surface area (Å²) >= 11 is 0. The highest BCUT2D eigenvalue weighted by molar-refractivity contribution is 5.97. The van der Waals surface area contributed by atoms with Crippen LogP contribution in [-0.2, 0) is 11.8 Å². The van der Waals surface area contributed by atoms with E-state index in [-0.39, 0.29) is 5.91 Å². The van der Waals surface area contributed by atoms with Crippen LogP contribution in [0.15, 0.2) is 76.2 Å². The number of nitrogens with one attached hydrogen (secondary N) is 1. The van der Waals surface area contributed by atoms with Crippen molar-refractivity contribution < 1.29 is 13.9 Å². The minimum atomic E-state index is -0.928. The van der Waals surface area contributed by atoms with Gasteiger partial charge in [0.1, 0.15) is 11.3 Å². The molecule has 29 heavy (non-hydrogen) atoms. The number of rotatable bonds is 3. The summed E-state index contributed by atoms with van der Waals surface area (Å²) in [5, 5.41) is 7.73. The maximum atomic E-state index is 13.1. The van der Waals surface area contributed by atoms with Crippen LogP contribution in [0, 0.1) is 0 Å². The predicted molar refractivity (Wildman–Crippen MR) is 107 cm³/mol. The predicted octanol–water partition coefficient (Wildman–Crippen LogP) is 3.06. The number of amides is 1. The quantitative estimate of drug-likeness (QED) is 0.546. The van der Waals surface area contributed by atoms with Crippen LogP contribution in [0.3, 0.4) is 0 Å². The van der Waals surface area contributed by atoms with Crippen molar-refractivity contribution in [1.29, 1.82) is 0 Å². The van der Waals surface area contributed by atoms with E-state index in [1.807, 2.05) is 30.3 Å². The van der Waals surface area contributed by atoms with Crippen LogP contribution < -0.4 is 15.7 Å². The average Bonchev–Trinajstić information content (AvgIpc) is 3.33. The largest absolute Gasteiger partial charge is 0.478 e. The van der Waals surface area contributed by atoms with E-state index in [0.29, 0.717) is 33.5 Å². The number of nitrogens with zero attached hydrogens (tertiary/aromatic N) is 2. The standard InChI is InChI=1S/C22H17N3O4/c1-25-12-13(11-23-25)17-18-19(15-9-5-6-10-16(15)28-22(18)27)29-20(17)21(26)24-14-7-3-2-4-8-14/h2-12,17,20H,1H3,(H,24,26)/t17-,20+/m1/s1. The maximum Gasteiger partial charge on any atom is 0.344 e. The molecule has 1 N–H and O–H groups in total. The lowest BCUT2D eigenvalue weighted by atomic mass is 9.90. The molecule has 0 saturated carbocycles. The topological polar surface area (TPSA) is 86.4 Å². The van der Waals surface area contributed by atoms with E-state index in [2.05, 4.69) is 10.4 Å². The Hall–Kier alpha value is -3.87. The van der Waals surface area contributed by atoms with Crippen molar-refractivity contribution in [3.63, 3.8) is 0 Å². The average molecular weight is 387 g/mol. The van der Waals surface area contributed by atoms with Crippen molar-refractivity contribution in [3.8, 4) is 5.75 Å². The number of aryl methyl sites for hydroxylation is 1. The van der Waals surface area contributed by atoms with Crippen molar-refractivity contribution in [2.45, 2.75) is 12.0 Å². The molecule has 1 aliphatic rings. The van der Waals surface area contributed by atoms with Crippen molar-refractivity contribution >= 4 is 22.6 Å². The summed E-state index contributed by atoms with van der Waals surface area (Å²) in [4.78, 5) is 26.0. The number of benzene rings is 2. The number of ether oxygens (including phenoxy) is 1. The van der Waals surface area contributed by atoms with Crippen LogP contribution in [0.1, 0.15) is 17.0 Å². The molecule has 5 rings (SSSR count). The SMILES string of the molecule is Cn1cc([C@@H]2c3c(c4ccccc4oc3=O)O[C@@H]2C(=O)Nc2ccccc2)cn1. The monoisotopic (exact) mass is 387 g/mol. The number of carbonyl (C=O) groups is 1. The Labute approximate surface area is 165 Å². The lowest BCUT2D eigenvalue weighted by Crippen LogP contribution is -2.35. The Balaban J connectivity index is 1.64.